The van der Waals surface area contributed by atoms with Crippen molar-refractivity contribution in [2.24, 2.45) is 5.84 Å². The molecule has 1 aromatic heterocycles. The number of pyridine rings is 1. The Labute approximate surface area is 89.6 Å². The Morgan fingerprint density at radius 1 is 1.47 bits per heavy atom. The summed E-state index contributed by atoms with van der Waals surface area (Å²) in [6.07, 6.45) is 2.56. The van der Waals surface area contributed by atoms with Gasteiger partial charge in [0.1, 0.15) is 0 Å². The maximum Gasteiger partial charge on any atom is 0.212 e. The third-order valence-corrected chi connectivity index (χ3v) is 2.09. The van der Waals surface area contributed by atoms with Gasteiger partial charge >= 0.3 is 0 Å². The van der Waals surface area contributed by atoms with E-state index in [2.05, 4.69) is 10.4 Å². The van der Waals surface area contributed by atoms with Crippen LogP contribution in [0.15, 0.2) is 18.3 Å². The molecule has 0 amide bonds. The van der Waals surface area contributed by atoms with Gasteiger partial charge in [0.25, 0.3) is 0 Å². The molecule has 0 saturated heterocycles. The van der Waals surface area contributed by atoms with Crippen molar-refractivity contribution in [3.63, 3.8) is 0 Å². The lowest BCUT2D eigenvalue weighted by Gasteiger charge is -2.14. The van der Waals surface area contributed by atoms with Gasteiger partial charge < -0.3 is 9.47 Å². The molecule has 1 rings (SSSR count). The predicted octanol–water partition coefficient (Wildman–Crippen LogP) is 0.111. The summed E-state index contributed by atoms with van der Waals surface area (Å²) < 4.78 is 10.00. The minimum atomic E-state index is 0.102. The highest BCUT2D eigenvalue weighted by molar-refractivity contribution is 5.18. The predicted molar refractivity (Wildman–Crippen MR) is 57.5 cm³/mol. The van der Waals surface area contributed by atoms with Gasteiger partial charge in [-0.15, -0.1) is 0 Å². The van der Waals surface area contributed by atoms with Crippen molar-refractivity contribution in [2.45, 2.75) is 12.5 Å². The first-order valence-electron chi connectivity index (χ1n) is 4.74. The molecule has 0 aliphatic rings. The molecule has 0 aromatic carbocycles. The highest BCUT2D eigenvalue weighted by Crippen LogP contribution is 2.08. The third kappa shape index (κ3) is 3.83. The van der Waals surface area contributed by atoms with E-state index in [1.54, 1.807) is 20.4 Å². The first-order chi connectivity index (χ1) is 7.30. The number of ether oxygens (including phenoxy) is 2. The average Bonchev–Trinajstić information content (AvgIpc) is 2.29. The minimum absolute atomic E-state index is 0.102. The number of hydrazine groups is 1. The van der Waals surface area contributed by atoms with Crippen molar-refractivity contribution >= 4 is 0 Å². The van der Waals surface area contributed by atoms with E-state index in [1.807, 2.05) is 12.1 Å². The summed E-state index contributed by atoms with van der Waals surface area (Å²) in [6, 6.07) is 3.90. The molecular formula is C10H17N3O2. The van der Waals surface area contributed by atoms with E-state index < -0.39 is 0 Å². The van der Waals surface area contributed by atoms with E-state index >= 15 is 0 Å². The number of methoxy groups -OCH3 is 2. The lowest BCUT2D eigenvalue weighted by atomic mass is 10.1. The van der Waals surface area contributed by atoms with E-state index in [-0.39, 0.29) is 6.04 Å². The molecule has 0 saturated carbocycles. The van der Waals surface area contributed by atoms with Crippen LogP contribution in [0.1, 0.15) is 5.56 Å². The van der Waals surface area contributed by atoms with E-state index in [0.29, 0.717) is 12.5 Å². The van der Waals surface area contributed by atoms with Gasteiger partial charge in [0.15, 0.2) is 0 Å². The first-order valence-corrected chi connectivity index (χ1v) is 4.74. The maximum absolute atomic E-state index is 5.39. The van der Waals surface area contributed by atoms with Crippen molar-refractivity contribution < 1.29 is 9.47 Å². The SMILES string of the molecule is COCC(Cc1ccc(OC)nc1)NN. The second kappa shape index (κ2) is 6.34. The van der Waals surface area contributed by atoms with Crippen molar-refractivity contribution in [1.29, 1.82) is 0 Å². The van der Waals surface area contributed by atoms with Crippen LogP contribution in [0.5, 0.6) is 5.88 Å². The number of hydrogen-bond donors (Lipinski definition) is 2. The fourth-order valence-electron chi connectivity index (χ4n) is 1.30. The van der Waals surface area contributed by atoms with Gasteiger partial charge in [-0.25, -0.2) is 4.98 Å². The van der Waals surface area contributed by atoms with Crippen LogP contribution >= 0.6 is 0 Å². The van der Waals surface area contributed by atoms with Gasteiger partial charge in [-0.3, -0.25) is 11.3 Å². The van der Waals surface area contributed by atoms with Crippen LogP contribution in [0.4, 0.5) is 0 Å². The van der Waals surface area contributed by atoms with Crippen LogP contribution < -0.4 is 16.0 Å². The monoisotopic (exact) mass is 211 g/mol. The van der Waals surface area contributed by atoms with Crippen LogP contribution in [0.2, 0.25) is 0 Å². The number of aromatic nitrogens is 1. The van der Waals surface area contributed by atoms with Crippen molar-refractivity contribution in [3.8, 4) is 5.88 Å². The molecular weight excluding hydrogens is 194 g/mol. The van der Waals surface area contributed by atoms with E-state index in [9.17, 15) is 0 Å². The maximum atomic E-state index is 5.39. The van der Waals surface area contributed by atoms with E-state index in [0.717, 1.165) is 12.0 Å². The van der Waals surface area contributed by atoms with Gasteiger partial charge in [0.2, 0.25) is 5.88 Å². The van der Waals surface area contributed by atoms with Crippen molar-refractivity contribution in [1.82, 2.24) is 10.4 Å². The number of nitrogens with one attached hydrogen (secondary N) is 1. The summed E-state index contributed by atoms with van der Waals surface area (Å²) in [5.74, 6) is 6.00. The Hall–Kier alpha value is -1.17. The number of rotatable bonds is 6. The number of hydrogen-bond acceptors (Lipinski definition) is 5. The summed E-state index contributed by atoms with van der Waals surface area (Å²) in [4.78, 5) is 4.11. The van der Waals surface area contributed by atoms with Gasteiger partial charge in [-0.2, -0.15) is 0 Å². The fourth-order valence-corrected chi connectivity index (χ4v) is 1.30. The van der Waals surface area contributed by atoms with Gasteiger partial charge in [-0.05, 0) is 12.0 Å². The Kier molecular flexibility index (Phi) is 5.03. The molecule has 84 valence electrons. The average molecular weight is 211 g/mol. The molecule has 15 heavy (non-hydrogen) atoms. The van der Waals surface area contributed by atoms with E-state index in [1.165, 1.54) is 0 Å². The Morgan fingerprint density at radius 2 is 2.27 bits per heavy atom. The second-order valence-corrected chi connectivity index (χ2v) is 3.23. The van der Waals surface area contributed by atoms with Gasteiger partial charge in [0, 0.05) is 25.4 Å². The molecule has 5 heteroatoms. The third-order valence-electron chi connectivity index (χ3n) is 2.09. The summed E-state index contributed by atoms with van der Waals surface area (Å²) in [6.45, 7) is 0.572. The molecule has 1 unspecified atom stereocenters. The van der Waals surface area contributed by atoms with Crippen LogP contribution in [0, 0.1) is 0 Å². The normalized spacial score (nSPS) is 12.5. The molecule has 0 aliphatic heterocycles. The molecule has 5 nitrogen and oxygen atoms in total. The second-order valence-electron chi connectivity index (χ2n) is 3.23. The summed E-state index contributed by atoms with van der Waals surface area (Å²) in [5, 5.41) is 0. The van der Waals surface area contributed by atoms with Crippen molar-refractivity contribution in [2.75, 3.05) is 20.8 Å². The van der Waals surface area contributed by atoms with Crippen molar-refractivity contribution in [3.05, 3.63) is 23.9 Å². The number of nitrogens with zero attached hydrogens (tertiary/aromatic N) is 1. The highest BCUT2D eigenvalue weighted by Gasteiger charge is 2.07. The van der Waals surface area contributed by atoms with Crippen LogP contribution in [0.3, 0.4) is 0 Å². The quantitative estimate of drug-likeness (QED) is 0.516. The zero-order chi connectivity index (χ0) is 11.1. The topological polar surface area (TPSA) is 69.4 Å². The first kappa shape index (κ1) is 11.9. The van der Waals surface area contributed by atoms with E-state index in [4.69, 9.17) is 15.3 Å². The summed E-state index contributed by atoms with van der Waals surface area (Å²) in [5.41, 5.74) is 3.79. The largest absolute Gasteiger partial charge is 0.481 e. The molecule has 0 spiro atoms. The molecule has 1 aromatic rings. The highest BCUT2D eigenvalue weighted by atomic mass is 16.5. The van der Waals surface area contributed by atoms with Crippen LogP contribution in [0.25, 0.3) is 0 Å². The Bertz CT molecular complexity index is 277. The minimum Gasteiger partial charge on any atom is -0.481 e. The standard InChI is InChI=1S/C10H17N3O2/c1-14-7-9(13-11)5-8-3-4-10(15-2)12-6-8/h3-4,6,9,13H,5,7,11H2,1-2H3. The Morgan fingerprint density at radius 3 is 2.73 bits per heavy atom. The molecule has 1 heterocycles. The van der Waals surface area contributed by atoms with Gasteiger partial charge in [-0.1, -0.05) is 6.07 Å². The Balaban J connectivity index is 2.55. The van der Waals surface area contributed by atoms with Gasteiger partial charge in [0.05, 0.1) is 13.7 Å². The summed E-state index contributed by atoms with van der Waals surface area (Å²) in [7, 11) is 3.24. The molecule has 1 atom stereocenters. The lowest BCUT2D eigenvalue weighted by molar-refractivity contribution is 0.166. The molecule has 0 bridgehead atoms. The zero-order valence-corrected chi connectivity index (χ0v) is 9.06. The van der Waals surface area contributed by atoms with Crippen LogP contribution in [-0.4, -0.2) is 31.9 Å². The number of nitrogens with two attached hydrogens (primary N) is 1. The lowest BCUT2D eigenvalue weighted by Crippen LogP contribution is -2.40. The smallest absolute Gasteiger partial charge is 0.212 e. The van der Waals surface area contributed by atoms with Crippen LogP contribution in [-0.2, 0) is 11.2 Å². The molecule has 3 N–H and O–H groups in total. The fraction of sp³-hybridized carbons (Fsp3) is 0.500. The molecule has 0 aliphatic carbocycles. The molecule has 0 radical (unpaired) electrons. The summed E-state index contributed by atoms with van der Waals surface area (Å²) >= 11 is 0. The zero-order valence-electron chi connectivity index (χ0n) is 9.06. The molecule has 0 fully saturated rings.